The van der Waals surface area contributed by atoms with Gasteiger partial charge in [0.2, 0.25) is 0 Å². The number of thiocarbonyl (C=S) groups is 1. The monoisotopic (exact) mass is 392 g/mol. The molecular weight excluding hydrogens is 368 g/mol. The normalized spacial score (nSPS) is 18.9. The van der Waals surface area contributed by atoms with Crippen LogP contribution < -0.4 is 10.6 Å². The number of para-hydroxylation sites is 1. The van der Waals surface area contributed by atoms with Gasteiger partial charge in [-0.15, -0.1) is 0 Å². The van der Waals surface area contributed by atoms with E-state index in [1.165, 1.54) is 0 Å². The van der Waals surface area contributed by atoms with Crippen molar-refractivity contribution in [1.29, 1.82) is 0 Å². The van der Waals surface area contributed by atoms with Crippen LogP contribution in [-0.2, 0) is 0 Å². The summed E-state index contributed by atoms with van der Waals surface area (Å²) in [6, 6.07) is 20.2. The summed E-state index contributed by atoms with van der Waals surface area (Å²) in [4.78, 5) is 6.77. The minimum absolute atomic E-state index is 0.00664. The SMILES string of the molecule is Cc1ccc([C@@H]2[C@H](c3ccccn3)NC(=S)N2CCCNc2ccccc2)o1. The number of hydrogen-bond acceptors (Lipinski definition) is 4. The first-order chi connectivity index (χ1) is 13.7. The fourth-order valence-corrected chi connectivity index (χ4v) is 3.94. The molecule has 1 aliphatic rings. The molecule has 1 fully saturated rings. The lowest BCUT2D eigenvalue weighted by Crippen LogP contribution is -2.31. The predicted octanol–water partition coefficient (Wildman–Crippen LogP) is 4.46. The maximum atomic E-state index is 5.99. The average molecular weight is 393 g/mol. The van der Waals surface area contributed by atoms with Gasteiger partial charge in [0, 0.05) is 25.0 Å². The molecule has 2 N–H and O–H groups in total. The number of aromatic nitrogens is 1. The number of nitrogens with one attached hydrogen (secondary N) is 2. The van der Waals surface area contributed by atoms with Crippen LogP contribution in [0.1, 0.15) is 35.7 Å². The summed E-state index contributed by atoms with van der Waals surface area (Å²) >= 11 is 5.67. The van der Waals surface area contributed by atoms with Crippen molar-refractivity contribution in [3.63, 3.8) is 0 Å². The zero-order valence-corrected chi connectivity index (χ0v) is 16.7. The van der Waals surface area contributed by atoms with Crippen LogP contribution in [0, 0.1) is 6.92 Å². The number of aryl methyl sites for hydroxylation is 1. The first-order valence-electron chi connectivity index (χ1n) is 9.56. The van der Waals surface area contributed by atoms with Crippen molar-refractivity contribution >= 4 is 23.0 Å². The van der Waals surface area contributed by atoms with Gasteiger partial charge >= 0.3 is 0 Å². The number of benzene rings is 1. The Kier molecular flexibility index (Phi) is 5.58. The summed E-state index contributed by atoms with van der Waals surface area (Å²) in [6.07, 6.45) is 2.78. The average Bonchev–Trinajstić information content (AvgIpc) is 3.29. The van der Waals surface area contributed by atoms with Crippen molar-refractivity contribution in [1.82, 2.24) is 15.2 Å². The molecule has 144 valence electrons. The van der Waals surface area contributed by atoms with Gasteiger partial charge in [0.15, 0.2) is 5.11 Å². The van der Waals surface area contributed by atoms with Crippen molar-refractivity contribution in [2.24, 2.45) is 0 Å². The molecule has 1 saturated heterocycles. The molecule has 28 heavy (non-hydrogen) atoms. The number of pyridine rings is 1. The van der Waals surface area contributed by atoms with Crippen molar-refractivity contribution in [3.05, 3.63) is 84.1 Å². The van der Waals surface area contributed by atoms with Gasteiger partial charge in [-0.2, -0.15) is 0 Å². The molecule has 0 unspecified atom stereocenters. The molecule has 5 nitrogen and oxygen atoms in total. The highest BCUT2D eigenvalue weighted by molar-refractivity contribution is 7.80. The van der Waals surface area contributed by atoms with E-state index in [4.69, 9.17) is 16.6 Å². The van der Waals surface area contributed by atoms with E-state index in [1.807, 2.05) is 61.7 Å². The van der Waals surface area contributed by atoms with Crippen molar-refractivity contribution in [2.45, 2.75) is 25.4 Å². The van der Waals surface area contributed by atoms with E-state index in [0.29, 0.717) is 0 Å². The van der Waals surface area contributed by atoms with Crippen LogP contribution >= 0.6 is 12.2 Å². The number of furan rings is 1. The third-order valence-corrected chi connectivity index (χ3v) is 5.28. The maximum absolute atomic E-state index is 5.99. The molecule has 6 heteroatoms. The highest BCUT2D eigenvalue weighted by Gasteiger charge is 2.41. The first-order valence-corrected chi connectivity index (χ1v) is 9.96. The molecule has 0 aliphatic carbocycles. The molecule has 3 heterocycles. The Hall–Kier alpha value is -2.86. The van der Waals surface area contributed by atoms with Crippen molar-refractivity contribution in [3.8, 4) is 0 Å². The van der Waals surface area contributed by atoms with Gasteiger partial charge in [0.1, 0.15) is 17.6 Å². The molecule has 1 aliphatic heterocycles. The predicted molar refractivity (Wildman–Crippen MR) is 115 cm³/mol. The van der Waals surface area contributed by atoms with Gasteiger partial charge in [-0.3, -0.25) is 4.98 Å². The van der Waals surface area contributed by atoms with Gasteiger partial charge in [0.25, 0.3) is 0 Å². The summed E-state index contributed by atoms with van der Waals surface area (Å²) < 4.78 is 5.99. The van der Waals surface area contributed by atoms with Crippen LogP contribution in [0.15, 0.2) is 71.3 Å². The van der Waals surface area contributed by atoms with Gasteiger partial charge in [-0.05, 0) is 62.0 Å². The first kappa shape index (κ1) is 18.5. The summed E-state index contributed by atoms with van der Waals surface area (Å²) in [5, 5.41) is 7.65. The van der Waals surface area contributed by atoms with E-state index in [-0.39, 0.29) is 12.1 Å². The molecule has 0 bridgehead atoms. The molecule has 1 aromatic carbocycles. The zero-order valence-electron chi connectivity index (χ0n) is 15.8. The quantitative estimate of drug-likeness (QED) is 0.457. The summed E-state index contributed by atoms with van der Waals surface area (Å²) in [5.41, 5.74) is 2.10. The molecule has 0 spiro atoms. The molecular formula is C22H24N4OS. The van der Waals surface area contributed by atoms with Crippen LogP contribution in [-0.4, -0.2) is 28.1 Å². The van der Waals surface area contributed by atoms with Gasteiger partial charge in [-0.1, -0.05) is 24.3 Å². The second-order valence-corrected chi connectivity index (χ2v) is 7.30. The Labute approximate surface area is 170 Å². The lowest BCUT2D eigenvalue weighted by atomic mass is 10.0. The van der Waals surface area contributed by atoms with Crippen LogP contribution in [0.5, 0.6) is 0 Å². The fourth-order valence-electron chi connectivity index (χ4n) is 3.61. The minimum atomic E-state index is -0.0265. The second kappa shape index (κ2) is 8.44. The summed E-state index contributed by atoms with van der Waals surface area (Å²) in [7, 11) is 0. The number of nitrogens with zero attached hydrogens (tertiary/aromatic N) is 2. The molecule has 4 rings (SSSR count). The molecule has 2 atom stereocenters. The highest BCUT2D eigenvalue weighted by atomic mass is 32.1. The van der Waals surface area contributed by atoms with Crippen LogP contribution in [0.3, 0.4) is 0 Å². The lowest BCUT2D eigenvalue weighted by molar-refractivity contribution is 0.269. The van der Waals surface area contributed by atoms with E-state index < -0.39 is 0 Å². The smallest absolute Gasteiger partial charge is 0.170 e. The Morgan fingerprint density at radius 3 is 2.64 bits per heavy atom. The lowest BCUT2D eigenvalue weighted by Gasteiger charge is -2.26. The third kappa shape index (κ3) is 4.02. The Morgan fingerprint density at radius 1 is 1.11 bits per heavy atom. The maximum Gasteiger partial charge on any atom is 0.170 e. The third-order valence-electron chi connectivity index (χ3n) is 4.93. The van der Waals surface area contributed by atoms with E-state index in [0.717, 1.165) is 47.5 Å². The number of anilines is 1. The summed E-state index contributed by atoms with van der Waals surface area (Å²) in [6.45, 7) is 3.68. The molecule has 0 amide bonds. The second-order valence-electron chi connectivity index (χ2n) is 6.91. The largest absolute Gasteiger partial charge is 0.464 e. The molecule has 0 radical (unpaired) electrons. The Balaban J connectivity index is 1.48. The molecule has 2 aromatic heterocycles. The van der Waals surface area contributed by atoms with Crippen LogP contribution in [0.25, 0.3) is 0 Å². The Morgan fingerprint density at radius 2 is 1.93 bits per heavy atom. The molecule has 0 saturated carbocycles. The van der Waals surface area contributed by atoms with Crippen LogP contribution in [0.2, 0.25) is 0 Å². The van der Waals surface area contributed by atoms with Gasteiger partial charge in [-0.25, -0.2) is 0 Å². The highest BCUT2D eigenvalue weighted by Crippen LogP contribution is 2.39. The Bertz CT molecular complexity index is 913. The van der Waals surface area contributed by atoms with E-state index >= 15 is 0 Å². The van der Waals surface area contributed by atoms with Gasteiger partial charge in [0.05, 0.1) is 11.7 Å². The zero-order chi connectivity index (χ0) is 19.3. The summed E-state index contributed by atoms with van der Waals surface area (Å²) in [5.74, 6) is 1.81. The van der Waals surface area contributed by atoms with Crippen molar-refractivity contribution < 1.29 is 4.42 Å². The van der Waals surface area contributed by atoms with Gasteiger partial charge < -0.3 is 20.0 Å². The van der Waals surface area contributed by atoms with Crippen molar-refractivity contribution in [2.75, 3.05) is 18.4 Å². The fraction of sp³-hybridized carbons (Fsp3) is 0.273. The topological polar surface area (TPSA) is 53.3 Å². The number of hydrogen-bond donors (Lipinski definition) is 2. The van der Waals surface area contributed by atoms with E-state index in [1.54, 1.807) is 0 Å². The van der Waals surface area contributed by atoms with Crippen LogP contribution in [0.4, 0.5) is 5.69 Å². The number of rotatable bonds is 7. The van der Waals surface area contributed by atoms with E-state index in [9.17, 15) is 0 Å². The minimum Gasteiger partial charge on any atom is -0.464 e. The van der Waals surface area contributed by atoms with E-state index in [2.05, 4.69) is 32.7 Å². The molecule has 3 aromatic rings. The standard InChI is InChI=1S/C22H24N4OS/c1-16-11-12-19(27-16)21-20(18-10-5-6-13-24-18)25-22(28)26(21)15-7-14-23-17-8-3-2-4-9-17/h2-6,8-13,20-21,23H,7,14-15H2,1H3,(H,25,28)/t20-,21+/m0/s1.